The zero-order valence-electron chi connectivity index (χ0n) is 12.8. The minimum atomic E-state index is -0.294. The van der Waals surface area contributed by atoms with Gasteiger partial charge in [-0.25, -0.2) is 9.97 Å². The number of amides is 1. The van der Waals surface area contributed by atoms with Crippen LogP contribution < -0.4 is 5.32 Å². The molecule has 0 saturated heterocycles. The van der Waals surface area contributed by atoms with Crippen LogP contribution in [0.4, 0.5) is 5.82 Å². The van der Waals surface area contributed by atoms with Crippen LogP contribution in [-0.2, 0) is 0 Å². The van der Waals surface area contributed by atoms with Gasteiger partial charge in [0.1, 0.15) is 16.5 Å². The van der Waals surface area contributed by atoms with Gasteiger partial charge in [-0.15, -0.1) is 11.3 Å². The second-order valence-electron chi connectivity index (χ2n) is 5.20. The topological polar surface area (TPSA) is 67.8 Å². The molecular weight excluding hydrogens is 356 g/mol. The van der Waals surface area contributed by atoms with Crippen LogP contribution in [0.2, 0.25) is 5.02 Å². The molecule has 0 bridgehead atoms. The number of para-hydroxylation sites is 1. The molecule has 1 amide bonds. The Morgan fingerprint density at radius 2 is 1.92 bits per heavy atom. The first-order valence-electron chi connectivity index (χ1n) is 7.44. The van der Waals surface area contributed by atoms with E-state index in [1.807, 2.05) is 24.3 Å². The molecular formula is C18H11ClN4OS. The summed E-state index contributed by atoms with van der Waals surface area (Å²) in [6.07, 6.45) is 3.13. The van der Waals surface area contributed by atoms with Crippen LogP contribution in [0.3, 0.4) is 0 Å². The lowest BCUT2D eigenvalue weighted by atomic mass is 10.2. The van der Waals surface area contributed by atoms with Crippen molar-refractivity contribution in [1.82, 2.24) is 15.0 Å². The average Bonchev–Trinajstić information content (AvgIpc) is 3.07. The molecule has 0 aliphatic heterocycles. The third-order valence-corrected chi connectivity index (χ3v) is 4.78. The Kier molecular flexibility index (Phi) is 4.13. The van der Waals surface area contributed by atoms with E-state index in [9.17, 15) is 4.79 Å². The van der Waals surface area contributed by atoms with Crippen LogP contribution in [0, 0.1) is 0 Å². The number of benzene rings is 1. The molecule has 7 heteroatoms. The molecule has 4 rings (SSSR count). The fourth-order valence-corrected chi connectivity index (χ4v) is 3.45. The SMILES string of the molecule is O=C(Nc1ccc(Cl)cn1)c1cccnc1-c1nc2ccccc2s1. The van der Waals surface area contributed by atoms with E-state index in [-0.39, 0.29) is 5.91 Å². The van der Waals surface area contributed by atoms with Gasteiger partial charge in [0.25, 0.3) is 5.91 Å². The summed E-state index contributed by atoms with van der Waals surface area (Å²) in [6.45, 7) is 0. The molecule has 0 radical (unpaired) electrons. The van der Waals surface area contributed by atoms with E-state index in [4.69, 9.17) is 11.6 Å². The van der Waals surface area contributed by atoms with Crippen molar-refractivity contribution in [1.29, 1.82) is 0 Å². The molecule has 5 nitrogen and oxygen atoms in total. The van der Waals surface area contributed by atoms with Gasteiger partial charge in [-0.1, -0.05) is 23.7 Å². The van der Waals surface area contributed by atoms with Gasteiger partial charge in [-0.3, -0.25) is 9.78 Å². The molecule has 0 unspecified atom stereocenters. The van der Waals surface area contributed by atoms with Crippen molar-refractivity contribution in [2.45, 2.75) is 0 Å². The quantitative estimate of drug-likeness (QED) is 0.572. The summed E-state index contributed by atoms with van der Waals surface area (Å²) in [6, 6.07) is 14.6. The maximum absolute atomic E-state index is 12.7. The minimum Gasteiger partial charge on any atom is -0.306 e. The maximum Gasteiger partial charge on any atom is 0.259 e. The van der Waals surface area contributed by atoms with Gasteiger partial charge in [-0.2, -0.15) is 0 Å². The van der Waals surface area contributed by atoms with Gasteiger partial charge < -0.3 is 5.32 Å². The summed E-state index contributed by atoms with van der Waals surface area (Å²) in [5.41, 5.74) is 1.88. The molecule has 1 N–H and O–H groups in total. The number of carbonyl (C=O) groups is 1. The Morgan fingerprint density at radius 1 is 1.04 bits per heavy atom. The van der Waals surface area contributed by atoms with Crippen LogP contribution in [0.15, 0.2) is 60.9 Å². The summed E-state index contributed by atoms with van der Waals surface area (Å²) in [5.74, 6) is 0.130. The van der Waals surface area contributed by atoms with E-state index in [1.54, 1.807) is 30.5 Å². The van der Waals surface area contributed by atoms with Crippen LogP contribution in [-0.4, -0.2) is 20.9 Å². The Labute approximate surface area is 152 Å². The highest BCUT2D eigenvalue weighted by Crippen LogP contribution is 2.30. The van der Waals surface area contributed by atoms with E-state index >= 15 is 0 Å². The average molecular weight is 367 g/mol. The van der Waals surface area contributed by atoms with E-state index in [0.717, 1.165) is 10.2 Å². The molecule has 1 aromatic carbocycles. The summed E-state index contributed by atoms with van der Waals surface area (Å²) < 4.78 is 1.05. The largest absolute Gasteiger partial charge is 0.306 e. The number of nitrogens with zero attached hydrogens (tertiary/aromatic N) is 3. The van der Waals surface area contributed by atoms with Crippen LogP contribution >= 0.6 is 22.9 Å². The number of thiazole rings is 1. The maximum atomic E-state index is 12.7. The third kappa shape index (κ3) is 3.22. The third-order valence-electron chi connectivity index (χ3n) is 3.52. The fraction of sp³-hybridized carbons (Fsp3) is 0. The molecule has 0 spiro atoms. The van der Waals surface area contributed by atoms with Gasteiger partial charge in [-0.05, 0) is 36.4 Å². The zero-order chi connectivity index (χ0) is 17.2. The molecule has 0 aliphatic rings. The van der Waals surface area contributed by atoms with Gasteiger partial charge in [0.2, 0.25) is 0 Å². The number of carbonyl (C=O) groups excluding carboxylic acids is 1. The number of anilines is 1. The van der Waals surface area contributed by atoms with Crippen molar-refractivity contribution in [2.75, 3.05) is 5.32 Å². The predicted molar refractivity (Wildman–Crippen MR) is 100 cm³/mol. The number of fused-ring (bicyclic) bond motifs is 1. The first-order valence-corrected chi connectivity index (χ1v) is 8.64. The zero-order valence-corrected chi connectivity index (χ0v) is 14.4. The molecule has 3 aromatic heterocycles. The highest BCUT2D eigenvalue weighted by molar-refractivity contribution is 7.21. The lowest BCUT2D eigenvalue weighted by Crippen LogP contribution is -2.14. The van der Waals surface area contributed by atoms with Crippen LogP contribution in [0.25, 0.3) is 20.9 Å². The minimum absolute atomic E-state index is 0.294. The lowest BCUT2D eigenvalue weighted by Gasteiger charge is -2.07. The van der Waals surface area contributed by atoms with Gasteiger partial charge in [0.15, 0.2) is 0 Å². The number of pyridine rings is 2. The molecule has 4 aromatic rings. The van der Waals surface area contributed by atoms with Crippen molar-refractivity contribution in [3.05, 3.63) is 71.5 Å². The number of nitrogens with one attached hydrogen (secondary N) is 1. The molecule has 0 aliphatic carbocycles. The van der Waals surface area contributed by atoms with Crippen molar-refractivity contribution in [3.63, 3.8) is 0 Å². The normalized spacial score (nSPS) is 10.8. The second-order valence-corrected chi connectivity index (χ2v) is 6.67. The highest BCUT2D eigenvalue weighted by atomic mass is 35.5. The Balaban J connectivity index is 1.70. The molecule has 0 fully saturated rings. The van der Waals surface area contributed by atoms with Crippen LogP contribution in [0.1, 0.15) is 10.4 Å². The first kappa shape index (κ1) is 15.7. The number of halogens is 1. The highest BCUT2D eigenvalue weighted by Gasteiger charge is 2.17. The Hall–Kier alpha value is -2.83. The summed E-state index contributed by atoms with van der Waals surface area (Å²) in [5, 5.41) is 3.97. The van der Waals surface area contributed by atoms with E-state index in [0.29, 0.717) is 27.1 Å². The summed E-state index contributed by atoms with van der Waals surface area (Å²) >= 11 is 7.32. The Morgan fingerprint density at radius 3 is 2.72 bits per heavy atom. The molecule has 0 atom stereocenters. The standard InChI is InChI=1S/C18H11ClN4OS/c19-11-7-8-15(21-10-11)23-17(24)12-4-3-9-20-16(12)18-22-13-5-1-2-6-14(13)25-18/h1-10H,(H,21,23,24). The lowest BCUT2D eigenvalue weighted by molar-refractivity contribution is 0.102. The Bertz CT molecular complexity index is 1030. The summed E-state index contributed by atoms with van der Waals surface area (Å²) in [7, 11) is 0. The van der Waals surface area contributed by atoms with Crippen LogP contribution in [0.5, 0.6) is 0 Å². The molecule has 122 valence electrons. The van der Waals surface area contributed by atoms with Crippen molar-refractivity contribution in [3.8, 4) is 10.7 Å². The van der Waals surface area contributed by atoms with Crippen molar-refractivity contribution in [2.24, 2.45) is 0 Å². The number of hydrogen-bond donors (Lipinski definition) is 1. The second kappa shape index (κ2) is 6.58. The van der Waals surface area contributed by atoms with E-state index < -0.39 is 0 Å². The number of rotatable bonds is 3. The van der Waals surface area contributed by atoms with Crippen molar-refractivity contribution >= 4 is 44.9 Å². The monoisotopic (exact) mass is 366 g/mol. The van der Waals surface area contributed by atoms with Gasteiger partial charge >= 0.3 is 0 Å². The van der Waals surface area contributed by atoms with Crippen molar-refractivity contribution < 1.29 is 4.79 Å². The number of hydrogen-bond acceptors (Lipinski definition) is 5. The van der Waals surface area contributed by atoms with Gasteiger partial charge in [0.05, 0.1) is 20.8 Å². The molecule has 0 saturated carbocycles. The van der Waals surface area contributed by atoms with E-state index in [2.05, 4.69) is 20.3 Å². The summed E-state index contributed by atoms with van der Waals surface area (Å²) in [4.78, 5) is 25.7. The smallest absolute Gasteiger partial charge is 0.259 e. The molecule has 25 heavy (non-hydrogen) atoms. The fourth-order valence-electron chi connectivity index (χ4n) is 2.37. The van der Waals surface area contributed by atoms with E-state index in [1.165, 1.54) is 17.5 Å². The molecule has 3 heterocycles. The first-order chi connectivity index (χ1) is 12.2. The predicted octanol–water partition coefficient (Wildman–Crippen LogP) is 4.66. The van der Waals surface area contributed by atoms with Gasteiger partial charge in [0, 0.05) is 12.4 Å². The number of aromatic nitrogens is 3.